The monoisotopic (exact) mass is 154 g/mol. The van der Waals surface area contributed by atoms with Crippen molar-refractivity contribution >= 4 is 29.2 Å². The molecule has 0 amide bonds. The summed E-state index contributed by atoms with van der Waals surface area (Å²) in [5.74, 6) is -1.31. The van der Waals surface area contributed by atoms with Crippen LogP contribution in [0.1, 0.15) is 0 Å². The number of carbonyl (C=O) groups is 1. The average molecular weight is 155 g/mol. The predicted octanol–water partition coefficient (Wildman–Crippen LogP) is 1.43. The molecule has 8 heavy (non-hydrogen) atoms. The third-order valence-corrected chi connectivity index (χ3v) is 1.17. The van der Waals surface area contributed by atoms with Crippen LogP contribution in [0, 0.1) is 0 Å². The highest BCUT2D eigenvalue weighted by Gasteiger charge is 2.28. The summed E-state index contributed by atoms with van der Waals surface area (Å²) >= 11 is 10.2. The van der Waals surface area contributed by atoms with E-state index in [1.54, 1.807) is 0 Å². The molecule has 0 unspecified atom stereocenters. The Bertz CT molecular complexity index is 119. The Hall–Kier alpha value is -0.210. The average Bonchev–Trinajstić information content (AvgIpc) is 1.67. The molecule has 0 aliphatic rings. The minimum atomic E-state index is -1.83. The van der Waals surface area contributed by atoms with E-state index in [9.17, 15) is 4.79 Å². The highest BCUT2D eigenvalue weighted by molar-refractivity contribution is 6.58. The van der Waals surface area contributed by atoms with Crippen molar-refractivity contribution in [2.45, 2.75) is 4.33 Å². The maximum absolute atomic E-state index is 9.92. The zero-order chi connectivity index (χ0) is 6.78. The van der Waals surface area contributed by atoms with Crippen LogP contribution in [0.3, 0.4) is 0 Å². The fourth-order valence-electron chi connectivity index (χ4n) is 0.0873. The summed E-state index contributed by atoms with van der Waals surface area (Å²) in [6.07, 6.45) is 0.943. The summed E-state index contributed by atoms with van der Waals surface area (Å²) in [7, 11) is 0. The summed E-state index contributed by atoms with van der Waals surface area (Å²) in [6, 6.07) is 0. The molecule has 0 aromatic rings. The molecule has 0 aliphatic heterocycles. The number of alkyl halides is 2. The molecule has 1 N–H and O–H groups in total. The third-order valence-electron chi connectivity index (χ3n) is 0.542. The van der Waals surface area contributed by atoms with Gasteiger partial charge in [0.05, 0.1) is 0 Å². The van der Waals surface area contributed by atoms with Crippen molar-refractivity contribution in [1.82, 2.24) is 0 Å². The van der Waals surface area contributed by atoms with E-state index in [4.69, 9.17) is 28.3 Å². The molecule has 46 valence electrons. The molecule has 0 rings (SSSR count). The summed E-state index contributed by atoms with van der Waals surface area (Å²) in [5, 5.41) is 8.11. The molecule has 0 aromatic carbocycles. The van der Waals surface area contributed by atoms with Gasteiger partial charge in [0.2, 0.25) is 4.33 Å². The maximum atomic E-state index is 9.92. The second-order valence-corrected chi connectivity index (χ2v) is 2.52. The Balaban J connectivity index is 4.12. The van der Waals surface area contributed by atoms with Crippen LogP contribution in [-0.4, -0.2) is 15.4 Å². The molecule has 4 heteroatoms. The Morgan fingerprint density at radius 2 is 2.12 bits per heavy atom. The van der Waals surface area contributed by atoms with Gasteiger partial charge in [0.25, 0.3) is 0 Å². The van der Waals surface area contributed by atoms with Gasteiger partial charge in [-0.1, -0.05) is 29.8 Å². The van der Waals surface area contributed by atoms with Crippen LogP contribution in [0.4, 0.5) is 0 Å². The van der Waals surface area contributed by atoms with Gasteiger partial charge < -0.3 is 5.11 Å². The first-order valence-electron chi connectivity index (χ1n) is 1.75. The Kier molecular flexibility index (Phi) is 2.31. The summed E-state index contributed by atoms with van der Waals surface area (Å²) in [6.45, 7) is 3.11. The van der Waals surface area contributed by atoms with Crippen LogP contribution in [0.15, 0.2) is 12.7 Å². The predicted molar refractivity (Wildman–Crippen MR) is 32.3 cm³/mol. The lowest BCUT2D eigenvalue weighted by Crippen LogP contribution is -2.21. The molecule has 0 saturated heterocycles. The lowest BCUT2D eigenvalue weighted by molar-refractivity contribution is -0.136. The Morgan fingerprint density at radius 1 is 1.75 bits per heavy atom. The fraction of sp³-hybridized carbons (Fsp3) is 0.250. The van der Waals surface area contributed by atoms with Crippen molar-refractivity contribution in [1.29, 1.82) is 0 Å². The van der Waals surface area contributed by atoms with E-state index in [-0.39, 0.29) is 0 Å². The minimum absolute atomic E-state index is 0.943. The van der Waals surface area contributed by atoms with Crippen molar-refractivity contribution in [3.8, 4) is 0 Å². The molecule has 0 atom stereocenters. The van der Waals surface area contributed by atoms with Gasteiger partial charge in [-0.3, -0.25) is 0 Å². The molecule has 0 saturated carbocycles. The van der Waals surface area contributed by atoms with Crippen LogP contribution in [0.25, 0.3) is 0 Å². The molecule has 2 nitrogen and oxygen atoms in total. The van der Waals surface area contributed by atoms with Crippen molar-refractivity contribution in [2.75, 3.05) is 0 Å². The molecule has 0 heterocycles. The standard InChI is InChI=1S/C4H4Cl2O2/c1-2-4(5,6)3(7)8/h2H,1H2,(H,7,8). The highest BCUT2D eigenvalue weighted by Crippen LogP contribution is 2.21. The lowest BCUT2D eigenvalue weighted by atomic mass is 10.4. The van der Waals surface area contributed by atoms with Gasteiger partial charge in [0, 0.05) is 0 Å². The second kappa shape index (κ2) is 2.37. The van der Waals surface area contributed by atoms with Crippen LogP contribution in [0.2, 0.25) is 0 Å². The first kappa shape index (κ1) is 7.79. The molecule has 0 fully saturated rings. The molecule has 0 bridgehead atoms. The van der Waals surface area contributed by atoms with E-state index in [2.05, 4.69) is 6.58 Å². The van der Waals surface area contributed by atoms with E-state index in [1.165, 1.54) is 0 Å². The number of carboxylic acids is 1. The number of rotatable bonds is 2. The van der Waals surface area contributed by atoms with Crippen LogP contribution in [-0.2, 0) is 4.79 Å². The Morgan fingerprint density at radius 3 is 2.12 bits per heavy atom. The summed E-state index contributed by atoms with van der Waals surface area (Å²) in [4.78, 5) is 9.92. The van der Waals surface area contributed by atoms with E-state index in [1.807, 2.05) is 0 Å². The van der Waals surface area contributed by atoms with Gasteiger partial charge in [0.1, 0.15) is 0 Å². The number of halogens is 2. The molecule has 0 aromatic heterocycles. The molecule has 0 spiro atoms. The van der Waals surface area contributed by atoms with Gasteiger partial charge >= 0.3 is 5.97 Å². The number of carboxylic acid groups (broad SMARTS) is 1. The van der Waals surface area contributed by atoms with Crippen LogP contribution in [0.5, 0.6) is 0 Å². The van der Waals surface area contributed by atoms with Gasteiger partial charge in [-0.15, -0.1) is 0 Å². The first-order chi connectivity index (χ1) is 3.50. The quantitative estimate of drug-likeness (QED) is 0.483. The van der Waals surface area contributed by atoms with Crippen LogP contribution < -0.4 is 0 Å². The third kappa shape index (κ3) is 1.72. The van der Waals surface area contributed by atoms with Gasteiger partial charge in [-0.2, -0.15) is 0 Å². The topological polar surface area (TPSA) is 37.3 Å². The zero-order valence-electron chi connectivity index (χ0n) is 3.90. The van der Waals surface area contributed by atoms with Crippen molar-refractivity contribution in [3.63, 3.8) is 0 Å². The summed E-state index contributed by atoms with van der Waals surface area (Å²) < 4.78 is -1.83. The number of aliphatic carboxylic acids is 1. The first-order valence-corrected chi connectivity index (χ1v) is 2.51. The number of hydrogen-bond acceptors (Lipinski definition) is 1. The van der Waals surface area contributed by atoms with Crippen molar-refractivity contribution in [2.24, 2.45) is 0 Å². The van der Waals surface area contributed by atoms with Gasteiger partial charge in [-0.25, -0.2) is 4.79 Å². The molecule has 0 radical (unpaired) electrons. The minimum Gasteiger partial charge on any atom is -0.479 e. The summed E-state index contributed by atoms with van der Waals surface area (Å²) in [5.41, 5.74) is 0. The zero-order valence-corrected chi connectivity index (χ0v) is 5.41. The normalized spacial score (nSPS) is 10.8. The maximum Gasteiger partial charge on any atom is 0.344 e. The Labute approximate surface area is 56.7 Å². The smallest absolute Gasteiger partial charge is 0.344 e. The largest absolute Gasteiger partial charge is 0.479 e. The molecular formula is C4H4Cl2O2. The highest BCUT2D eigenvalue weighted by atomic mass is 35.5. The van der Waals surface area contributed by atoms with Crippen molar-refractivity contribution in [3.05, 3.63) is 12.7 Å². The van der Waals surface area contributed by atoms with Gasteiger partial charge in [0.15, 0.2) is 0 Å². The lowest BCUT2D eigenvalue weighted by Gasteiger charge is -2.04. The molecule has 0 aliphatic carbocycles. The van der Waals surface area contributed by atoms with E-state index in [0.717, 1.165) is 6.08 Å². The second-order valence-electron chi connectivity index (χ2n) is 1.13. The van der Waals surface area contributed by atoms with E-state index in [0.29, 0.717) is 0 Å². The fourth-order valence-corrected chi connectivity index (χ4v) is 0.0873. The van der Waals surface area contributed by atoms with Crippen LogP contribution >= 0.6 is 23.2 Å². The van der Waals surface area contributed by atoms with E-state index < -0.39 is 10.3 Å². The van der Waals surface area contributed by atoms with Gasteiger partial charge in [-0.05, 0) is 6.08 Å². The van der Waals surface area contributed by atoms with Crippen molar-refractivity contribution < 1.29 is 9.90 Å². The SMILES string of the molecule is C=CC(Cl)(Cl)C(=O)O. The molecular weight excluding hydrogens is 151 g/mol. The number of hydrogen-bond donors (Lipinski definition) is 1. The van der Waals surface area contributed by atoms with E-state index >= 15 is 0 Å².